The molecule has 0 aromatic carbocycles. The molecule has 2 rings (SSSR count). The molecule has 2 atom stereocenters. The quantitative estimate of drug-likeness (QED) is 0.797. The zero-order valence-electron chi connectivity index (χ0n) is 10.9. The molecule has 0 bridgehead atoms. The second kappa shape index (κ2) is 5.50. The van der Waals surface area contributed by atoms with E-state index in [1.165, 1.54) is 38.5 Å². The lowest BCUT2D eigenvalue weighted by Crippen LogP contribution is -2.46. The van der Waals surface area contributed by atoms with Gasteiger partial charge in [0, 0.05) is 19.2 Å². The molecule has 1 saturated carbocycles. The van der Waals surface area contributed by atoms with E-state index in [1.807, 2.05) is 0 Å². The van der Waals surface area contributed by atoms with Crippen LogP contribution in [0.5, 0.6) is 0 Å². The molecule has 16 heavy (non-hydrogen) atoms. The molecule has 1 aliphatic carbocycles. The summed E-state index contributed by atoms with van der Waals surface area (Å²) in [6.07, 6.45) is 8.16. The Labute approximate surface area is 100 Å². The fourth-order valence-corrected chi connectivity index (χ4v) is 3.15. The van der Waals surface area contributed by atoms with E-state index < -0.39 is 0 Å². The van der Waals surface area contributed by atoms with Crippen molar-refractivity contribution in [2.45, 2.75) is 58.4 Å². The highest BCUT2D eigenvalue weighted by Gasteiger charge is 2.32. The summed E-state index contributed by atoms with van der Waals surface area (Å²) in [5.74, 6) is 0.756. The average Bonchev–Trinajstić information content (AvgIpc) is 2.28. The van der Waals surface area contributed by atoms with Crippen molar-refractivity contribution < 1.29 is 4.74 Å². The lowest BCUT2D eigenvalue weighted by molar-refractivity contribution is 0.0494. The van der Waals surface area contributed by atoms with Gasteiger partial charge in [0.1, 0.15) is 0 Å². The fourth-order valence-electron chi connectivity index (χ4n) is 3.15. The minimum atomic E-state index is 0.494. The van der Waals surface area contributed by atoms with E-state index in [4.69, 9.17) is 4.74 Å². The Kier molecular flexibility index (Phi) is 4.26. The highest BCUT2D eigenvalue weighted by atomic mass is 16.5. The van der Waals surface area contributed by atoms with Gasteiger partial charge < -0.3 is 10.1 Å². The van der Waals surface area contributed by atoms with Crippen molar-refractivity contribution in [2.75, 3.05) is 19.8 Å². The maximum absolute atomic E-state index is 5.53. The summed E-state index contributed by atoms with van der Waals surface area (Å²) in [4.78, 5) is 0. The van der Waals surface area contributed by atoms with Crippen LogP contribution in [-0.4, -0.2) is 25.8 Å². The van der Waals surface area contributed by atoms with Crippen LogP contribution in [-0.2, 0) is 4.74 Å². The predicted molar refractivity (Wildman–Crippen MR) is 67.6 cm³/mol. The molecule has 2 unspecified atom stereocenters. The maximum atomic E-state index is 5.53. The van der Waals surface area contributed by atoms with Crippen molar-refractivity contribution in [2.24, 2.45) is 11.3 Å². The highest BCUT2D eigenvalue weighted by molar-refractivity contribution is 4.88. The van der Waals surface area contributed by atoms with Gasteiger partial charge in [0.25, 0.3) is 0 Å². The van der Waals surface area contributed by atoms with Crippen LogP contribution in [0.1, 0.15) is 52.4 Å². The SMILES string of the molecule is CC1(C)CCCCC1NCC1CCCOC1. The van der Waals surface area contributed by atoms with Crippen molar-refractivity contribution in [1.82, 2.24) is 5.32 Å². The predicted octanol–water partition coefficient (Wildman–Crippen LogP) is 2.97. The summed E-state index contributed by atoms with van der Waals surface area (Å²) in [5, 5.41) is 3.80. The minimum absolute atomic E-state index is 0.494. The zero-order valence-corrected chi connectivity index (χ0v) is 10.9. The third-order valence-electron chi connectivity index (χ3n) is 4.41. The molecule has 94 valence electrons. The summed E-state index contributed by atoms with van der Waals surface area (Å²) in [5.41, 5.74) is 0.494. The van der Waals surface area contributed by atoms with Crippen LogP contribution in [0.4, 0.5) is 0 Å². The summed E-state index contributed by atoms with van der Waals surface area (Å²) in [6, 6.07) is 0.725. The zero-order chi connectivity index (χ0) is 11.4. The van der Waals surface area contributed by atoms with Crippen molar-refractivity contribution in [3.05, 3.63) is 0 Å². The number of rotatable bonds is 3. The van der Waals surface area contributed by atoms with Crippen molar-refractivity contribution in [1.29, 1.82) is 0 Å². The van der Waals surface area contributed by atoms with E-state index in [0.29, 0.717) is 5.41 Å². The molecular formula is C14H27NO. The molecule has 0 aromatic rings. The normalized spacial score (nSPS) is 34.9. The van der Waals surface area contributed by atoms with Crippen LogP contribution >= 0.6 is 0 Å². The molecule has 0 spiro atoms. The van der Waals surface area contributed by atoms with Gasteiger partial charge in [0.2, 0.25) is 0 Å². The number of hydrogen-bond acceptors (Lipinski definition) is 2. The van der Waals surface area contributed by atoms with Gasteiger partial charge in [0.05, 0.1) is 6.61 Å². The first-order valence-electron chi connectivity index (χ1n) is 6.99. The molecule has 1 saturated heterocycles. The van der Waals surface area contributed by atoms with E-state index in [9.17, 15) is 0 Å². The van der Waals surface area contributed by atoms with Gasteiger partial charge in [0.15, 0.2) is 0 Å². The lowest BCUT2D eigenvalue weighted by Gasteiger charge is -2.40. The van der Waals surface area contributed by atoms with E-state index >= 15 is 0 Å². The van der Waals surface area contributed by atoms with Crippen LogP contribution in [0.3, 0.4) is 0 Å². The molecule has 2 aliphatic rings. The lowest BCUT2D eigenvalue weighted by atomic mass is 9.73. The van der Waals surface area contributed by atoms with Gasteiger partial charge in [-0.15, -0.1) is 0 Å². The van der Waals surface area contributed by atoms with Gasteiger partial charge in [-0.2, -0.15) is 0 Å². The first-order valence-corrected chi connectivity index (χ1v) is 6.99. The molecule has 1 N–H and O–H groups in total. The number of ether oxygens (including phenoxy) is 1. The van der Waals surface area contributed by atoms with E-state index in [0.717, 1.165) is 31.7 Å². The van der Waals surface area contributed by atoms with E-state index in [-0.39, 0.29) is 0 Å². The molecule has 2 nitrogen and oxygen atoms in total. The second-order valence-electron chi connectivity index (χ2n) is 6.28. The average molecular weight is 225 g/mol. The third kappa shape index (κ3) is 3.21. The van der Waals surface area contributed by atoms with Gasteiger partial charge in [-0.05, 0) is 37.0 Å². The topological polar surface area (TPSA) is 21.3 Å². The van der Waals surface area contributed by atoms with Crippen LogP contribution in [0, 0.1) is 11.3 Å². The third-order valence-corrected chi connectivity index (χ3v) is 4.41. The summed E-state index contributed by atoms with van der Waals surface area (Å²) < 4.78 is 5.53. The largest absolute Gasteiger partial charge is 0.381 e. The first kappa shape index (κ1) is 12.4. The number of hydrogen-bond donors (Lipinski definition) is 1. The Bertz CT molecular complexity index is 209. The Morgan fingerprint density at radius 2 is 2.06 bits per heavy atom. The van der Waals surface area contributed by atoms with Crippen LogP contribution in [0.2, 0.25) is 0 Å². The van der Waals surface area contributed by atoms with Crippen LogP contribution in [0.25, 0.3) is 0 Å². The van der Waals surface area contributed by atoms with Crippen LogP contribution < -0.4 is 5.32 Å². The smallest absolute Gasteiger partial charge is 0.0506 e. The van der Waals surface area contributed by atoms with Gasteiger partial charge in [-0.3, -0.25) is 0 Å². The molecule has 2 heteroatoms. The number of nitrogens with one attached hydrogen (secondary N) is 1. The maximum Gasteiger partial charge on any atom is 0.0506 e. The highest BCUT2D eigenvalue weighted by Crippen LogP contribution is 2.35. The van der Waals surface area contributed by atoms with Crippen LogP contribution in [0.15, 0.2) is 0 Å². The van der Waals surface area contributed by atoms with Gasteiger partial charge in [-0.25, -0.2) is 0 Å². The van der Waals surface area contributed by atoms with Crippen molar-refractivity contribution in [3.63, 3.8) is 0 Å². The van der Waals surface area contributed by atoms with E-state index in [1.54, 1.807) is 0 Å². The van der Waals surface area contributed by atoms with Crippen molar-refractivity contribution in [3.8, 4) is 0 Å². The van der Waals surface area contributed by atoms with E-state index in [2.05, 4.69) is 19.2 Å². The minimum Gasteiger partial charge on any atom is -0.381 e. The first-order chi connectivity index (χ1) is 7.68. The standard InChI is InChI=1S/C14H27NO/c1-14(2)8-4-3-7-13(14)15-10-12-6-5-9-16-11-12/h12-13,15H,3-11H2,1-2H3. The molecule has 1 heterocycles. The second-order valence-corrected chi connectivity index (χ2v) is 6.28. The summed E-state index contributed by atoms with van der Waals surface area (Å²) in [7, 11) is 0. The molecular weight excluding hydrogens is 198 g/mol. The Balaban J connectivity index is 1.75. The van der Waals surface area contributed by atoms with Gasteiger partial charge in [-0.1, -0.05) is 26.7 Å². The summed E-state index contributed by atoms with van der Waals surface area (Å²) >= 11 is 0. The molecule has 0 aromatic heterocycles. The van der Waals surface area contributed by atoms with Gasteiger partial charge >= 0.3 is 0 Å². The molecule has 2 fully saturated rings. The Morgan fingerprint density at radius 1 is 1.19 bits per heavy atom. The molecule has 0 amide bonds. The fraction of sp³-hybridized carbons (Fsp3) is 1.00. The monoisotopic (exact) mass is 225 g/mol. The molecule has 0 radical (unpaired) electrons. The Hall–Kier alpha value is -0.0800. The van der Waals surface area contributed by atoms with Crippen molar-refractivity contribution >= 4 is 0 Å². The molecule has 1 aliphatic heterocycles. The summed E-state index contributed by atoms with van der Waals surface area (Å²) in [6.45, 7) is 7.95. The Morgan fingerprint density at radius 3 is 2.75 bits per heavy atom.